The van der Waals surface area contributed by atoms with Gasteiger partial charge in [0.05, 0.1) is 19.9 Å². The third-order valence-corrected chi connectivity index (χ3v) is 6.65. The maximum absolute atomic E-state index is 13.3. The van der Waals surface area contributed by atoms with Gasteiger partial charge in [-0.15, -0.1) is 0 Å². The Morgan fingerprint density at radius 2 is 1.71 bits per heavy atom. The first-order valence-electron chi connectivity index (χ1n) is 11.0. The molecular formula is C27H21NO7. The first-order valence-corrected chi connectivity index (χ1v) is 11.0. The maximum atomic E-state index is 13.3. The summed E-state index contributed by atoms with van der Waals surface area (Å²) in [5.41, 5.74) is 4.17. The summed E-state index contributed by atoms with van der Waals surface area (Å²) in [6.07, 6.45) is 0.701. The molecule has 3 aromatic carbocycles. The van der Waals surface area contributed by atoms with E-state index in [1.54, 1.807) is 19.2 Å². The Bertz CT molecular complexity index is 1730. The lowest BCUT2D eigenvalue weighted by Crippen LogP contribution is -2.14. The minimum Gasteiger partial charge on any atom is -0.504 e. The van der Waals surface area contributed by atoms with E-state index >= 15 is 0 Å². The Labute approximate surface area is 198 Å². The second kappa shape index (κ2) is 7.46. The van der Waals surface area contributed by atoms with Crippen LogP contribution in [0.15, 0.2) is 57.7 Å². The molecule has 1 aliphatic heterocycles. The lowest BCUT2D eigenvalue weighted by Gasteiger charge is -2.22. The molecule has 5 aromatic rings. The van der Waals surface area contributed by atoms with Gasteiger partial charge in [-0.1, -0.05) is 12.1 Å². The summed E-state index contributed by atoms with van der Waals surface area (Å²) >= 11 is 0. The van der Waals surface area contributed by atoms with Gasteiger partial charge in [0.25, 0.3) is 0 Å². The van der Waals surface area contributed by atoms with Crippen molar-refractivity contribution in [3.63, 3.8) is 0 Å². The molecule has 3 N–H and O–H groups in total. The van der Waals surface area contributed by atoms with E-state index in [1.807, 2.05) is 22.8 Å². The number of benzene rings is 3. The normalized spacial score (nSPS) is 12.5. The molecule has 8 nitrogen and oxygen atoms in total. The van der Waals surface area contributed by atoms with Crippen LogP contribution in [0.25, 0.3) is 44.3 Å². The molecule has 6 rings (SSSR count). The molecule has 0 saturated carbocycles. The average Bonchev–Trinajstić information content (AvgIpc) is 3.22. The van der Waals surface area contributed by atoms with E-state index in [1.165, 1.54) is 25.3 Å². The molecule has 0 saturated heterocycles. The SMILES string of the molecule is COc1ccc2c(c1)-c1c(-c3ccc(O)c(OC)c3)c3c4cc(O)c(O)cc4oc(=O)c3n1CC2. The highest BCUT2D eigenvalue weighted by atomic mass is 16.5. The summed E-state index contributed by atoms with van der Waals surface area (Å²) in [6.45, 7) is 0.542. The molecule has 0 radical (unpaired) electrons. The number of hydrogen-bond acceptors (Lipinski definition) is 7. The second-order valence-corrected chi connectivity index (χ2v) is 8.49. The highest BCUT2D eigenvalue weighted by Gasteiger charge is 2.30. The lowest BCUT2D eigenvalue weighted by molar-refractivity contribution is 0.373. The van der Waals surface area contributed by atoms with Crippen molar-refractivity contribution in [2.75, 3.05) is 14.2 Å². The Balaban J connectivity index is 1.86. The number of fused-ring (bicyclic) bond motifs is 7. The van der Waals surface area contributed by atoms with Gasteiger partial charge < -0.3 is 33.8 Å². The van der Waals surface area contributed by atoms with Crippen molar-refractivity contribution >= 4 is 21.9 Å². The van der Waals surface area contributed by atoms with E-state index in [0.717, 1.165) is 22.4 Å². The molecule has 176 valence electrons. The van der Waals surface area contributed by atoms with Gasteiger partial charge in [-0.2, -0.15) is 0 Å². The molecule has 8 heteroatoms. The summed E-state index contributed by atoms with van der Waals surface area (Å²) < 4.78 is 18.4. The molecule has 3 heterocycles. The highest BCUT2D eigenvalue weighted by molar-refractivity contribution is 6.17. The number of methoxy groups -OCH3 is 2. The zero-order chi connectivity index (χ0) is 24.4. The fraction of sp³-hybridized carbons (Fsp3) is 0.148. The van der Waals surface area contributed by atoms with E-state index in [2.05, 4.69) is 0 Å². The summed E-state index contributed by atoms with van der Waals surface area (Å²) in [5.74, 6) is 0.240. The van der Waals surface area contributed by atoms with Crippen LogP contribution in [0, 0.1) is 0 Å². The summed E-state index contributed by atoms with van der Waals surface area (Å²) in [7, 11) is 3.07. The lowest BCUT2D eigenvalue weighted by atomic mass is 9.92. The Morgan fingerprint density at radius 3 is 2.49 bits per heavy atom. The minimum atomic E-state index is -0.554. The smallest absolute Gasteiger partial charge is 0.361 e. The van der Waals surface area contributed by atoms with Crippen LogP contribution in [0.2, 0.25) is 0 Å². The Morgan fingerprint density at radius 1 is 0.914 bits per heavy atom. The van der Waals surface area contributed by atoms with Crippen molar-refractivity contribution in [2.24, 2.45) is 0 Å². The molecule has 0 fully saturated rings. The summed E-state index contributed by atoms with van der Waals surface area (Å²) in [6, 6.07) is 13.5. The number of phenolic OH excluding ortho intramolecular Hbond substituents is 3. The van der Waals surface area contributed by atoms with Gasteiger partial charge in [-0.25, -0.2) is 4.79 Å². The fourth-order valence-electron chi connectivity index (χ4n) is 5.05. The maximum Gasteiger partial charge on any atom is 0.361 e. The first-order chi connectivity index (χ1) is 16.9. The van der Waals surface area contributed by atoms with Crippen molar-refractivity contribution < 1.29 is 29.2 Å². The highest BCUT2D eigenvalue weighted by Crippen LogP contribution is 2.48. The molecule has 35 heavy (non-hydrogen) atoms. The largest absolute Gasteiger partial charge is 0.504 e. The number of rotatable bonds is 3. The molecular weight excluding hydrogens is 450 g/mol. The van der Waals surface area contributed by atoms with Crippen LogP contribution < -0.4 is 15.1 Å². The van der Waals surface area contributed by atoms with Gasteiger partial charge in [-0.3, -0.25) is 0 Å². The number of phenols is 3. The zero-order valence-corrected chi connectivity index (χ0v) is 19.0. The van der Waals surface area contributed by atoms with Gasteiger partial charge in [0.1, 0.15) is 16.8 Å². The third kappa shape index (κ3) is 2.96. The van der Waals surface area contributed by atoms with Crippen LogP contribution in [0.4, 0.5) is 0 Å². The number of nitrogens with zero attached hydrogens (tertiary/aromatic N) is 1. The standard InChI is InChI=1S/C27H21NO7/c1-33-15-5-3-13-7-8-28-25(16(13)10-15)23(14-4-6-18(29)22(9-14)34-2)24-17-11-19(30)20(31)12-21(17)35-27(32)26(24)28/h3-6,9-12,29-31H,7-8H2,1-2H3. The van der Waals surface area contributed by atoms with Crippen molar-refractivity contribution in [3.8, 4) is 51.1 Å². The van der Waals surface area contributed by atoms with Crippen molar-refractivity contribution in [1.29, 1.82) is 0 Å². The van der Waals surface area contributed by atoms with Crippen LogP contribution in [-0.2, 0) is 13.0 Å². The topological polar surface area (TPSA) is 114 Å². The summed E-state index contributed by atoms with van der Waals surface area (Å²) in [4.78, 5) is 13.3. The molecule has 1 aliphatic rings. The van der Waals surface area contributed by atoms with Crippen LogP contribution >= 0.6 is 0 Å². The Kier molecular flexibility index (Phi) is 4.47. The number of aromatic nitrogens is 1. The van der Waals surface area contributed by atoms with Gasteiger partial charge in [0.2, 0.25) is 0 Å². The number of ether oxygens (including phenoxy) is 2. The molecule has 0 spiro atoms. The van der Waals surface area contributed by atoms with E-state index in [9.17, 15) is 20.1 Å². The first kappa shape index (κ1) is 21.0. The second-order valence-electron chi connectivity index (χ2n) is 8.49. The number of hydrogen-bond donors (Lipinski definition) is 3. The third-order valence-electron chi connectivity index (χ3n) is 6.65. The predicted octanol–water partition coefficient (Wildman–Crippen LogP) is 4.77. The Hall–Kier alpha value is -4.59. The zero-order valence-electron chi connectivity index (χ0n) is 19.0. The van der Waals surface area contributed by atoms with E-state index in [4.69, 9.17) is 13.9 Å². The van der Waals surface area contributed by atoms with Crippen LogP contribution in [0.1, 0.15) is 5.56 Å². The number of aromatic hydroxyl groups is 3. The molecule has 0 amide bonds. The average molecular weight is 471 g/mol. The molecule has 0 aliphatic carbocycles. The predicted molar refractivity (Wildman–Crippen MR) is 131 cm³/mol. The monoisotopic (exact) mass is 471 g/mol. The van der Waals surface area contributed by atoms with Crippen LogP contribution in [-0.4, -0.2) is 34.1 Å². The fourth-order valence-corrected chi connectivity index (χ4v) is 5.05. The van der Waals surface area contributed by atoms with Crippen LogP contribution in [0.3, 0.4) is 0 Å². The molecule has 0 bridgehead atoms. The van der Waals surface area contributed by atoms with Crippen molar-refractivity contribution in [3.05, 3.63) is 64.5 Å². The van der Waals surface area contributed by atoms with Gasteiger partial charge in [0.15, 0.2) is 23.0 Å². The number of aryl methyl sites for hydroxylation is 2. The van der Waals surface area contributed by atoms with Gasteiger partial charge >= 0.3 is 5.63 Å². The van der Waals surface area contributed by atoms with Crippen molar-refractivity contribution in [1.82, 2.24) is 4.57 Å². The minimum absolute atomic E-state index is 0.0114. The van der Waals surface area contributed by atoms with E-state index in [0.29, 0.717) is 40.6 Å². The van der Waals surface area contributed by atoms with Crippen LogP contribution in [0.5, 0.6) is 28.7 Å². The summed E-state index contributed by atoms with van der Waals surface area (Å²) in [5, 5.41) is 31.6. The molecule has 0 unspecified atom stereocenters. The van der Waals surface area contributed by atoms with Gasteiger partial charge in [0, 0.05) is 34.5 Å². The quantitative estimate of drug-likeness (QED) is 0.256. The van der Waals surface area contributed by atoms with E-state index in [-0.39, 0.29) is 28.6 Å². The van der Waals surface area contributed by atoms with E-state index < -0.39 is 5.63 Å². The molecule has 2 aromatic heterocycles. The van der Waals surface area contributed by atoms with Crippen molar-refractivity contribution in [2.45, 2.75) is 13.0 Å². The van der Waals surface area contributed by atoms with Gasteiger partial charge in [-0.05, 0) is 47.9 Å². The molecule has 0 atom stereocenters.